The normalized spacial score (nSPS) is 13.5. The molecule has 0 fully saturated rings. The molecule has 0 saturated heterocycles. The summed E-state index contributed by atoms with van der Waals surface area (Å²) in [6.07, 6.45) is 42.7. The minimum Gasteiger partial charge on any atom is -0.462 e. The van der Waals surface area contributed by atoms with E-state index in [4.69, 9.17) is 4.74 Å². The van der Waals surface area contributed by atoms with Crippen LogP contribution in [0.2, 0.25) is 0 Å². The van der Waals surface area contributed by atoms with Gasteiger partial charge in [0.05, 0.1) is 6.61 Å². The fraction of sp³-hybridized carbons (Fsp3) is 0.837. The third kappa shape index (κ3) is 26.5. The van der Waals surface area contributed by atoms with Gasteiger partial charge in [-0.1, -0.05) is 141 Å². The predicted molar refractivity (Wildman–Crippen MR) is 209 cm³/mol. The van der Waals surface area contributed by atoms with E-state index in [0.717, 1.165) is 38.8 Å². The molecule has 1 rings (SSSR count). The Kier molecular flexibility index (Phi) is 31.7. The summed E-state index contributed by atoms with van der Waals surface area (Å²) in [5.74, 6) is 0.728. The summed E-state index contributed by atoms with van der Waals surface area (Å²) in [6.45, 7) is 7.35. The number of hydrogen-bond acceptors (Lipinski definition) is 5. The first-order chi connectivity index (χ1) is 24.1. The lowest BCUT2D eigenvalue weighted by molar-refractivity contribution is -0.519. The van der Waals surface area contributed by atoms with Crippen LogP contribution in [-0.2, 0) is 14.3 Å². The Morgan fingerprint density at radius 3 is 1.53 bits per heavy atom. The van der Waals surface area contributed by atoms with Crippen molar-refractivity contribution < 1.29 is 24.0 Å². The van der Waals surface area contributed by atoms with Crippen molar-refractivity contribution in [2.24, 2.45) is 0 Å². The maximum Gasteiger partial charge on any atom is 0.316 e. The Labute approximate surface area is 303 Å². The lowest BCUT2D eigenvalue weighted by Gasteiger charge is -2.13. The highest BCUT2D eigenvalue weighted by molar-refractivity contribution is 6.36. The molecule has 0 radical (unpaired) electrons. The number of ketones is 1. The van der Waals surface area contributed by atoms with E-state index in [1.807, 2.05) is 4.58 Å². The first-order valence-electron chi connectivity index (χ1n) is 21.1. The number of allylic oxidation sites excluding steroid dienone is 4. The Bertz CT molecular complexity index is 881. The number of ether oxygens (including phenoxy) is 1. The van der Waals surface area contributed by atoms with E-state index in [0.29, 0.717) is 38.4 Å². The fourth-order valence-corrected chi connectivity index (χ4v) is 6.71. The van der Waals surface area contributed by atoms with Crippen LogP contribution in [0.5, 0.6) is 0 Å². The second kappa shape index (κ2) is 34.5. The smallest absolute Gasteiger partial charge is 0.316 e. The molecule has 6 heteroatoms. The first-order valence-corrected chi connectivity index (χ1v) is 21.1. The number of carbonyl (C=O) groups is 2. The van der Waals surface area contributed by atoms with Crippen LogP contribution < -0.4 is 0 Å². The second-order valence-corrected chi connectivity index (χ2v) is 14.3. The van der Waals surface area contributed by atoms with Gasteiger partial charge in [-0.25, -0.2) is 0 Å². The van der Waals surface area contributed by atoms with Gasteiger partial charge >= 0.3 is 11.8 Å². The van der Waals surface area contributed by atoms with Crippen molar-refractivity contribution in [1.29, 1.82) is 0 Å². The van der Waals surface area contributed by atoms with Gasteiger partial charge < -0.3 is 9.84 Å². The highest BCUT2D eigenvalue weighted by Crippen LogP contribution is 2.13. The van der Waals surface area contributed by atoms with Gasteiger partial charge in [0.15, 0.2) is 0 Å². The van der Waals surface area contributed by atoms with Crippen molar-refractivity contribution in [1.82, 2.24) is 4.90 Å². The molecule has 1 aliphatic rings. The number of amidine groups is 1. The molecule has 0 aromatic rings. The van der Waals surface area contributed by atoms with Gasteiger partial charge in [-0.3, -0.25) is 19.1 Å². The number of β-amino-alcohol motifs (C(OH)–C–C–N with tert-alkyl or cyclic N) is 1. The summed E-state index contributed by atoms with van der Waals surface area (Å²) in [7, 11) is 0. The van der Waals surface area contributed by atoms with Gasteiger partial charge in [0.2, 0.25) is 5.78 Å². The zero-order valence-corrected chi connectivity index (χ0v) is 32.4. The average molecular weight is 688 g/mol. The highest BCUT2D eigenvalue weighted by Gasteiger charge is 2.35. The standard InChI is InChI=1S/C43H79N2O4/c1-3-5-7-9-11-13-15-17-19-21-23-25-27-29-31-33-41(47)43-44(37-39-46)35-36-45(43)38-40-49-42(48)34-32-30-28-26-24-22-20-18-16-14-12-10-8-6-4-2/h17-20,46H,3-16,21-40H2,1-2H3/q+1. The number of rotatable bonds is 36. The summed E-state index contributed by atoms with van der Waals surface area (Å²) in [5.41, 5.74) is 0. The van der Waals surface area contributed by atoms with Crippen molar-refractivity contribution in [3.05, 3.63) is 24.3 Å². The van der Waals surface area contributed by atoms with Crippen LogP contribution in [-0.4, -0.2) is 71.6 Å². The van der Waals surface area contributed by atoms with E-state index in [-0.39, 0.29) is 18.4 Å². The minimum absolute atomic E-state index is 0.0307. The molecule has 0 amide bonds. The first kappa shape index (κ1) is 45.1. The van der Waals surface area contributed by atoms with Crippen molar-refractivity contribution in [2.45, 2.75) is 194 Å². The van der Waals surface area contributed by atoms with Crippen molar-refractivity contribution in [3.8, 4) is 0 Å². The molecule has 284 valence electrons. The average Bonchev–Trinajstić information content (AvgIpc) is 3.50. The maximum absolute atomic E-state index is 13.2. The van der Waals surface area contributed by atoms with E-state index >= 15 is 0 Å². The van der Waals surface area contributed by atoms with E-state index in [9.17, 15) is 14.7 Å². The largest absolute Gasteiger partial charge is 0.462 e. The third-order valence-corrected chi connectivity index (χ3v) is 9.79. The molecule has 1 aliphatic heterocycles. The van der Waals surface area contributed by atoms with Gasteiger partial charge in [0.25, 0.3) is 0 Å². The molecule has 0 atom stereocenters. The van der Waals surface area contributed by atoms with E-state index in [1.54, 1.807) is 0 Å². The molecule has 0 unspecified atom stereocenters. The van der Waals surface area contributed by atoms with Gasteiger partial charge in [0.1, 0.15) is 32.8 Å². The number of unbranched alkanes of at least 4 members (excludes halogenated alkanes) is 22. The Morgan fingerprint density at radius 2 is 1.06 bits per heavy atom. The van der Waals surface area contributed by atoms with Crippen LogP contribution in [0.3, 0.4) is 0 Å². The molecule has 0 aliphatic carbocycles. The maximum atomic E-state index is 13.2. The number of hydrogen-bond donors (Lipinski definition) is 1. The fourth-order valence-electron chi connectivity index (χ4n) is 6.71. The van der Waals surface area contributed by atoms with Crippen LogP contribution in [0.4, 0.5) is 0 Å². The predicted octanol–water partition coefficient (Wildman–Crippen LogP) is 10.9. The Balaban J connectivity index is 2.11. The number of Topliss-reactive ketones (excluding diaryl/α,β-unsaturated/α-hetero) is 1. The number of esters is 1. The van der Waals surface area contributed by atoms with Gasteiger partial charge in [-0.05, 0) is 64.2 Å². The van der Waals surface area contributed by atoms with Crippen molar-refractivity contribution in [3.63, 3.8) is 0 Å². The highest BCUT2D eigenvalue weighted by atomic mass is 16.5. The zero-order chi connectivity index (χ0) is 35.5. The molecule has 0 bridgehead atoms. The summed E-state index contributed by atoms with van der Waals surface area (Å²) < 4.78 is 7.56. The van der Waals surface area contributed by atoms with Gasteiger partial charge in [0, 0.05) is 12.8 Å². The number of aliphatic hydroxyl groups is 1. The SMILES string of the molecule is CCCCCCCCC=CCCCCCCCC(=O)OCCN1CC[N+](CCO)=C1C(=O)CCCCCCCC=CCCCCCCCC. The monoisotopic (exact) mass is 688 g/mol. The van der Waals surface area contributed by atoms with Crippen LogP contribution >= 0.6 is 0 Å². The summed E-state index contributed by atoms with van der Waals surface area (Å²) >= 11 is 0. The number of carbonyl (C=O) groups excluding carboxylic acids is 2. The van der Waals surface area contributed by atoms with Crippen LogP contribution in [0.25, 0.3) is 0 Å². The molecular weight excluding hydrogens is 608 g/mol. The lowest BCUT2D eigenvalue weighted by atomic mass is 10.1. The molecular formula is C43H79N2O4+. The lowest BCUT2D eigenvalue weighted by Crippen LogP contribution is -2.39. The van der Waals surface area contributed by atoms with Gasteiger partial charge in [-0.15, -0.1) is 0 Å². The van der Waals surface area contributed by atoms with Crippen LogP contribution in [0.1, 0.15) is 194 Å². The summed E-state index contributed by atoms with van der Waals surface area (Å²) in [4.78, 5) is 27.6. The number of nitrogens with zero attached hydrogens (tertiary/aromatic N) is 2. The van der Waals surface area contributed by atoms with Crippen LogP contribution in [0.15, 0.2) is 24.3 Å². The number of aliphatic hydroxyl groups excluding tert-OH is 1. The molecule has 0 saturated carbocycles. The van der Waals surface area contributed by atoms with Gasteiger partial charge in [-0.2, -0.15) is 0 Å². The van der Waals surface area contributed by atoms with E-state index in [2.05, 4.69) is 43.1 Å². The third-order valence-electron chi connectivity index (χ3n) is 9.79. The van der Waals surface area contributed by atoms with Crippen LogP contribution in [0, 0.1) is 0 Å². The zero-order valence-electron chi connectivity index (χ0n) is 32.4. The molecule has 49 heavy (non-hydrogen) atoms. The molecule has 0 spiro atoms. The molecule has 1 N–H and O–H groups in total. The molecule has 0 aromatic heterocycles. The Hall–Kier alpha value is -1.95. The minimum atomic E-state index is -0.134. The van der Waals surface area contributed by atoms with Crippen molar-refractivity contribution >= 4 is 17.6 Å². The molecule has 0 aromatic carbocycles. The summed E-state index contributed by atoms with van der Waals surface area (Å²) in [5, 5.41) is 9.55. The van der Waals surface area contributed by atoms with Crippen molar-refractivity contribution in [2.75, 3.05) is 39.4 Å². The Morgan fingerprint density at radius 1 is 0.633 bits per heavy atom. The molecule has 6 nitrogen and oxygen atoms in total. The summed E-state index contributed by atoms with van der Waals surface area (Å²) in [6, 6.07) is 0. The second-order valence-electron chi connectivity index (χ2n) is 14.3. The molecule has 1 heterocycles. The topological polar surface area (TPSA) is 69.8 Å². The van der Waals surface area contributed by atoms with E-state index < -0.39 is 0 Å². The van der Waals surface area contributed by atoms with E-state index in [1.165, 1.54) is 141 Å². The quantitative estimate of drug-likeness (QED) is 0.0307.